The summed E-state index contributed by atoms with van der Waals surface area (Å²) in [4.78, 5) is 12.5. The van der Waals surface area contributed by atoms with Crippen LogP contribution in [-0.2, 0) is 10.0 Å². The van der Waals surface area contributed by atoms with Crippen molar-refractivity contribution in [2.45, 2.75) is 49.1 Å². The molecule has 2 saturated carbocycles. The standard InChI is InChI=1S/C16H23N3O3S/c17-10-12-2-1-3-15(12)18-16(20)11-4-8-14(9-5-11)23(21,22)19-13-6-7-13/h4-5,8-9,12-13,15,19H,1-3,6-7,10,17H2,(H,18,20). The van der Waals surface area contributed by atoms with Crippen LogP contribution in [0.15, 0.2) is 29.2 Å². The molecule has 0 saturated heterocycles. The Bertz CT molecular complexity index is 668. The van der Waals surface area contributed by atoms with Gasteiger partial charge in [-0.3, -0.25) is 4.79 Å². The molecule has 1 aromatic rings. The quantitative estimate of drug-likeness (QED) is 0.720. The number of hydrogen-bond acceptors (Lipinski definition) is 4. The van der Waals surface area contributed by atoms with Crippen LogP contribution in [0.1, 0.15) is 42.5 Å². The van der Waals surface area contributed by atoms with Crippen molar-refractivity contribution < 1.29 is 13.2 Å². The fraction of sp³-hybridized carbons (Fsp3) is 0.562. The number of nitrogens with one attached hydrogen (secondary N) is 2. The number of nitrogens with two attached hydrogens (primary N) is 1. The van der Waals surface area contributed by atoms with Gasteiger partial charge in [0.1, 0.15) is 0 Å². The minimum atomic E-state index is -3.47. The van der Waals surface area contributed by atoms with E-state index in [1.807, 2.05) is 0 Å². The molecule has 0 aliphatic heterocycles. The van der Waals surface area contributed by atoms with E-state index in [2.05, 4.69) is 10.0 Å². The van der Waals surface area contributed by atoms with Gasteiger partial charge < -0.3 is 11.1 Å². The molecule has 1 aromatic carbocycles. The maximum absolute atomic E-state index is 12.3. The van der Waals surface area contributed by atoms with Crippen molar-refractivity contribution in [1.29, 1.82) is 0 Å². The molecule has 2 atom stereocenters. The second kappa shape index (κ2) is 6.59. The summed E-state index contributed by atoms with van der Waals surface area (Å²) in [6.07, 6.45) is 4.86. The number of benzene rings is 1. The van der Waals surface area contributed by atoms with Gasteiger partial charge in [0.05, 0.1) is 4.90 Å². The second-order valence-electron chi connectivity index (χ2n) is 6.43. The van der Waals surface area contributed by atoms with E-state index in [1.54, 1.807) is 12.1 Å². The molecule has 0 spiro atoms. The molecule has 1 amide bonds. The van der Waals surface area contributed by atoms with Crippen LogP contribution >= 0.6 is 0 Å². The summed E-state index contributed by atoms with van der Waals surface area (Å²) >= 11 is 0. The van der Waals surface area contributed by atoms with E-state index in [-0.39, 0.29) is 22.9 Å². The maximum Gasteiger partial charge on any atom is 0.251 e. The first-order valence-corrected chi connectivity index (χ1v) is 9.61. The summed E-state index contributed by atoms with van der Waals surface area (Å²) in [6, 6.07) is 6.27. The van der Waals surface area contributed by atoms with Gasteiger partial charge in [-0.25, -0.2) is 13.1 Å². The lowest BCUT2D eigenvalue weighted by molar-refractivity contribution is 0.0928. The van der Waals surface area contributed by atoms with Gasteiger partial charge in [0.2, 0.25) is 10.0 Å². The van der Waals surface area contributed by atoms with Crippen molar-refractivity contribution in [3.8, 4) is 0 Å². The number of hydrogen-bond donors (Lipinski definition) is 3. The van der Waals surface area contributed by atoms with E-state index in [9.17, 15) is 13.2 Å². The largest absolute Gasteiger partial charge is 0.349 e. The van der Waals surface area contributed by atoms with Crippen LogP contribution < -0.4 is 15.8 Å². The lowest BCUT2D eigenvalue weighted by atomic mass is 10.0. The van der Waals surface area contributed by atoms with E-state index in [1.165, 1.54) is 12.1 Å². The third kappa shape index (κ3) is 3.91. The van der Waals surface area contributed by atoms with Crippen LogP contribution in [0.3, 0.4) is 0 Å². The van der Waals surface area contributed by atoms with Gasteiger partial charge in [-0.1, -0.05) is 6.42 Å². The Hall–Kier alpha value is -1.44. The van der Waals surface area contributed by atoms with Crippen LogP contribution in [0.5, 0.6) is 0 Å². The molecule has 4 N–H and O–H groups in total. The molecular formula is C16H23N3O3S. The van der Waals surface area contributed by atoms with Gasteiger partial charge in [-0.15, -0.1) is 0 Å². The topological polar surface area (TPSA) is 101 Å². The van der Waals surface area contributed by atoms with E-state index in [0.717, 1.165) is 32.1 Å². The van der Waals surface area contributed by atoms with Crippen LogP contribution in [0.2, 0.25) is 0 Å². The van der Waals surface area contributed by atoms with Crippen molar-refractivity contribution in [2.24, 2.45) is 11.7 Å². The van der Waals surface area contributed by atoms with Gasteiger partial charge in [-0.05, 0) is 62.4 Å². The van der Waals surface area contributed by atoms with Gasteiger partial charge in [0, 0.05) is 17.6 Å². The summed E-state index contributed by atoms with van der Waals surface area (Å²) in [7, 11) is -3.47. The summed E-state index contributed by atoms with van der Waals surface area (Å²) in [6.45, 7) is 0.578. The molecule has 3 rings (SSSR count). The Kier molecular flexibility index (Phi) is 4.70. The molecule has 2 fully saturated rings. The van der Waals surface area contributed by atoms with E-state index >= 15 is 0 Å². The Labute approximate surface area is 136 Å². The highest BCUT2D eigenvalue weighted by atomic mass is 32.2. The first-order chi connectivity index (χ1) is 11.0. The predicted octanol–water partition coefficient (Wildman–Crippen LogP) is 0.985. The monoisotopic (exact) mass is 337 g/mol. The maximum atomic E-state index is 12.3. The smallest absolute Gasteiger partial charge is 0.251 e. The van der Waals surface area contributed by atoms with Crippen molar-refractivity contribution in [3.05, 3.63) is 29.8 Å². The summed E-state index contributed by atoms with van der Waals surface area (Å²) < 4.78 is 26.8. The molecule has 2 unspecified atom stereocenters. The van der Waals surface area contributed by atoms with Crippen molar-refractivity contribution in [3.63, 3.8) is 0 Å². The normalized spacial score (nSPS) is 24.6. The molecule has 7 heteroatoms. The summed E-state index contributed by atoms with van der Waals surface area (Å²) in [5.41, 5.74) is 6.20. The Morgan fingerprint density at radius 3 is 2.43 bits per heavy atom. The first-order valence-electron chi connectivity index (χ1n) is 8.13. The number of sulfonamides is 1. The Balaban J connectivity index is 1.65. The molecule has 2 aliphatic carbocycles. The SMILES string of the molecule is NCC1CCCC1NC(=O)c1ccc(S(=O)(=O)NC2CC2)cc1. The zero-order valence-electron chi connectivity index (χ0n) is 13.0. The van der Waals surface area contributed by atoms with E-state index in [4.69, 9.17) is 5.73 Å². The van der Waals surface area contributed by atoms with Crippen LogP contribution in [0.4, 0.5) is 0 Å². The molecule has 0 bridgehead atoms. The van der Waals surface area contributed by atoms with E-state index in [0.29, 0.717) is 18.0 Å². The molecular weight excluding hydrogens is 314 g/mol. The highest BCUT2D eigenvalue weighted by Crippen LogP contribution is 2.25. The lowest BCUT2D eigenvalue weighted by Gasteiger charge is -2.19. The van der Waals surface area contributed by atoms with Crippen LogP contribution in [0.25, 0.3) is 0 Å². The number of carbonyl (C=O) groups is 1. The van der Waals surface area contributed by atoms with Crippen molar-refractivity contribution in [1.82, 2.24) is 10.0 Å². The third-order valence-electron chi connectivity index (χ3n) is 4.60. The minimum Gasteiger partial charge on any atom is -0.349 e. The van der Waals surface area contributed by atoms with Gasteiger partial charge >= 0.3 is 0 Å². The van der Waals surface area contributed by atoms with Crippen LogP contribution in [-0.4, -0.2) is 33.0 Å². The summed E-state index contributed by atoms with van der Waals surface area (Å²) in [5.74, 6) is 0.163. The van der Waals surface area contributed by atoms with Gasteiger partial charge in [0.15, 0.2) is 0 Å². The zero-order valence-corrected chi connectivity index (χ0v) is 13.8. The Morgan fingerprint density at radius 1 is 1.13 bits per heavy atom. The minimum absolute atomic E-state index is 0.0681. The number of carbonyl (C=O) groups excluding carboxylic acids is 1. The average molecular weight is 337 g/mol. The molecule has 0 aromatic heterocycles. The molecule has 126 valence electrons. The molecule has 6 nitrogen and oxygen atoms in total. The van der Waals surface area contributed by atoms with Gasteiger partial charge in [0.25, 0.3) is 5.91 Å². The molecule has 0 radical (unpaired) electrons. The van der Waals surface area contributed by atoms with Crippen LogP contribution in [0, 0.1) is 5.92 Å². The van der Waals surface area contributed by atoms with Crippen molar-refractivity contribution >= 4 is 15.9 Å². The van der Waals surface area contributed by atoms with Crippen molar-refractivity contribution in [2.75, 3.05) is 6.54 Å². The lowest BCUT2D eigenvalue weighted by Crippen LogP contribution is -2.39. The highest BCUT2D eigenvalue weighted by molar-refractivity contribution is 7.89. The fourth-order valence-corrected chi connectivity index (χ4v) is 4.34. The average Bonchev–Trinajstić information content (AvgIpc) is 3.22. The van der Waals surface area contributed by atoms with Gasteiger partial charge in [-0.2, -0.15) is 0 Å². The number of rotatable bonds is 6. The van der Waals surface area contributed by atoms with E-state index < -0.39 is 10.0 Å². The highest BCUT2D eigenvalue weighted by Gasteiger charge is 2.29. The second-order valence-corrected chi connectivity index (χ2v) is 8.14. The Morgan fingerprint density at radius 2 is 1.83 bits per heavy atom. The summed E-state index contributed by atoms with van der Waals surface area (Å²) in [5, 5.41) is 3.01. The predicted molar refractivity (Wildman–Crippen MR) is 87.4 cm³/mol. The third-order valence-corrected chi connectivity index (χ3v) is 6.14. The fourth-order valence-electron chi connectivity index (χ4n) is 3.03. The molecule has 0 heterocycles. The number of amides is 1. The molecule has 23 heavy (non-hydrogen) atoms. The molecule has 2 aliphatic rings. The zero-order chi connectivity index (χ0) is 16.4. The first kappa shape index (κ1) is 16.4.